The van der Waals surface area contributed by atoms with Crippen LogP contribution >= 0.6 is 23.2 Å². The second kappa shape index (κ2) is 6.15. The molecule has 1 heterocycles. The first-order chi connectivity index (χ1) is 9.44. The van der Waals surface area contributed by atoms with E-state index in [-0.39, 0.29) is 5.91 Å². The molecule has 0 aliphatic heterocycles. The Bertz CT molecular complexity index is 608. The average Bonchev–Trinajstić information content (AvgIpc) is 2.73. The van der Waals surface area contributed by atoms with E-state index in [2.05, 4.69) is 10.5 Å². The number of rotatable bonds is 4. The maximum absolute atomic E-state index is 11.9. The summed E-state index contributed by atoms with van der Waals surface area (Å²) in [5.41, 5.74) is 0. The molecule has 0 radical (unpaired) electrons. The second-order valence-corrected chi connectivity index (χ2v) is 5.05. The van der Waals surface area contributed by atoms with Crippen LogP contribution in [0.4, 0.5) is 5.82 Å². The predicted molar refractivity (Wildman–Crippen MR) is 76.4 cm³/mol. The summed E-state index contributed by atoms with van der Waals surface area (Å²) < 4.78 is 10.3. The fourth-order valence-electron chi connectivity index (χ4n) is 1.51. The summed E-state index contributed by atoms with van der Waals surface area (Å²) in [5, 5.41) is 7.12. The Kier molecular flexibility index (Phi) is 4.52. The van der Waals surface area contributed by atoms with Crippen molar-refractivity contribution in [2.24, 2.45) is 0 Å². The van der Waals surface area contributed by atoms with Crippen LogP contribution in [0.3, 0.4) is 0 Å². The van der Waals surface area contributed by atoms with Crippen molar-refractivity contribution >= 4 is 34.9 Å². The van der Waals surface area contributed by atoms with Gasteiger partial charge in [0.15, 0.2) is 11.9 Å². The molecule has 0 aliphatic carbocycles. The highest BCUT2D eigenvalue weighted by atomic mass is 35.5. The lowest BCUT2D eigenvalue weighted by Gasteiger charge is -2.14. The van der Waals surface area contributed by atoms with Crippen LogP contribution in [-0.2, 0) is 4.79 Å². The number of aryl methyl sites for hydroxylation is 1. The van der Waals surface area contributed by atoms with Crippen LogP contribution in [0.5, 0.6) is 5.75 Å². The topological polar surface area (TPSA) is 64.4 Å². The Morgan fingerprint density at radius 3 is 2.50 bits per heavy atom. The number of hydrogen-bond acceptors (Lipinski definition) is 4. The molecule has 1 atom stereocenters. The largest absolute Gasteiger partial charge is 0.481 e. The first-order valence-electron chi connectivity index (χ1n) is 5.81. The Balaban J connectivity index is 2.00. The Hall–Kier alpha value is -1.72. The summed E-state index contributed by atoms with van der Waals surface area (Å²) in [6.45, 7) is 3.34. The van der Waals surface area contributed by atoms with Crippen LogP contribution < -0.4 is 10.1 Å². The molecule has 0 spiro atoms. The Morgan fingerprint density at radius 2 is 1.95 bits per heavy atom. The van der Waals surface area contributed by atoms with Gasteiger partial charge in [0.25, 0.3) is 5.91 Å². The molecule has 0 bridgehead atoms. The van der Waals surface area contributed by atoms with Crippen molar-refractivity contribution < 1.29 is 14.1 Å². The van der Waals surface area contributed by atoms with Crippen molar-refractivity contribution in [2.45, 2.75) is 20.0 Å². The van der Waals surface area contributed by atoms with E-state index < -0.39 is 6.10 Å². The van der Waals surface area contributed by atoms with Crippen molar-refractivity contribution in [1.29, 1.82) is 0 Å². The third-order valence-electron chi connectivity index (χ3n) is 2.40. The van der Waals surface area contributed by atoms with Crippen LogP contribution in [0, 0.1) is 6.92 Å². The van der Waals surface area contributed by atoms with Gasteiger partial charge in [-0.05, 0) is 32.0 Å². The zero-order valence-electron chi connectivity index (χ0n) is 10.8. The van der Waals surface area contributed by atoms with Gasteiger partial charge in [-0.1, -0.05) is 28.4 Å². The lowest BCUT2D eigenvalue weighted by Crippen LogP contribution is -2.30. The smallest absolute Gasteiger partial charge is 0.266 e. The molecule has 0 fully saturated rings. The molecule has 1 amide bonds. The summed E-state index contributed by atoms with van der Waals surface area (Å²) in [5.74, 6) is 1.01. The lowest BCUT2D eigenvalue weighted by molar-refractivity contribution is -0.122. The SMILES string of the molecule is Cc1cc(NC(=O)[C@H](C)Oc2cc(Cl)cc(Cl)c2)no1. The van der Waals surface area contributed by atoms with E-state index in [9.17, 15) is 4.79 Å². The van der Waals surface area contributed by atoms with Crippen LogP contribution in [0.1, 0.15) is 12.7 Å². The van der Waals surface area contributed by atoms with Crippen LogP contribution in [0.25, 0.3) is 0 Å². The first-order valence-corrected chi connectivity index (χ1v) is 6.56. The van der Waals surface area contributed by atoms with Gasteiger partial charge in [-0.3, -0.25) is 4.79 Å². The quantitative estimate of drug-likeness (QED) is 0.934. The molecule has 5 nitrogen and oxygen atoms in total. The number of halogens is 2. The molecule has 20 heavy (non-hydrogen) atoms. The number of benzene rings is 1. The summed E-state index contributed by atoms with van der Waals surface area (Å²) in [4.78, 5) is 11.9. The number of anilines is 1. The molecule has 1 aromatic carbocycles. The number of ether oxygens (including phenoxy) is 1. The minimum absolute atomic E-state index is 0.340. The molecule has 106 valence electrons. The van der Waals surface area contributed by atoms with Crippen molar-refractivity contribution in [3.8, 4) is 5.75 Å². The normalized spacial score (nSPS) is 12.0. The van der Waals surface area contributed by atoms with Gasteiger partial charge < -0.3 is 14.6 Å². The van der Waals surface area contributed by atoms with E-state index in [0.29, 0.717) is 27.4 Å². The number of aromatic nitrogens is 1. The van der Waals surface area contributed by atoms with E-state index >= 15 is 0 Å². The number of nitrogens with one attached hydrogen (secondary N) is 1. The third kappa shape index (κ3) is 3.88. The molecule has 0 unspecified atom stereocenters. The second-order valence-electron chi connectivity index (χ2n) is 4.18. The van der Waals surface area contributed by atoms with Gasteiger partial charge in [0.1, 0.15) is 11.5 Å². The standard InChI is InChI=1S/C13H12Cl2N2O3/c1-7-3-12(17-20-7)16-13(18)8(2)19-11-5-9(14)4-10(15)6-11/h3-6,8H,1-2H3,(H,16,17,18)/t8-/m0/s1. The minimum Gasteiger partial charge on any atom is -0.481 e. The van der Waals surface area contributed by atoms with Gasteiger partial charge in [0.05, 0.1) is 0 Å². The fourth-order valence-corrected chi connectivity index (χ4v) is 2.01. The van der Waals surface area contributed by atoms with E-state index in [4.69, 9.17) is 32.5 Å². The fraction of sp³-hybridized carbons (Fsp3) is 0.231. The predicted octanol–water partition coefficient (Wildman–Crippen LogP) is 3.70. The number of amides is 1. The van der Waals surface area contributed by atoms with E-state index in [0.717, 1.165) is 0 Å². The summed E-state index contributed by atoms with van der Waals surface area (Å²) >= 11 is 11.7. The summed E-state index contributed by atoms with van der Waals surface area (Å²) in [6, 6.07) is 6.36. The zero-order valence-corrected chi connectivity index (χ0v) is 12.3. The van der Waals surface area contributed by atoms with Crippen LogP contribution in [0.15, 0.2) is 28.8 Å². The van der Waals surface area contributed by atoms with E-state index in [1.807, 2.05) is 0 Å². The molecule has 0 aliphatic rings. The third-order valence-corrected chi connectivity index (χ3v) is 2.83. The lowest BCUT2D eigenvalue weighted by atomic mass is 10.3. The monoisotopic (exact) mass is 314 g/mol. The van der Waals surface area contributed by atoms with Gasteiger partial charge in [0.2, 0.25) is 0 Å². The van der Waals surface area contributed by atoms with Gasteiger partial charge >= 0.3 is 0 Å². The molecule has 0 saturated heterocycles. The van der Waals surface area contributed by atoms with E-state index in [1.165, 1.54) is 0 Å². The van der Waals surface area contributed by atoms with Crippen LogP contribution in [0.2, 0.25) is 10.0 Å². The summed E-state index contributed by atoms with van der Waals surface area (Å²) in [7, 11) is 0. The van der Waals surface area contributed by atoms with Crippen molar-refractivity contribution in [2.75, 3.05) is 5.32 Å². The van der Waals surface area contributed by atoms with Crippen LogP contribution in [-0.4, -0.2) is 17.2 Å². The molecule has 0 saturated carbocycles. The molecular weight excluding hydrogens is 303 g/mol. The molecule has 1 aromatic heterocycles. The molecular formula is C13H12Cl2N2O3. The highest BCUT2D eigenvalue weighted by Crippen LogP contribution is 2.25. The van der Waals surface area contributed by atoms with Crippen molar-refractivity contribution in [3.05, 3.63) is 40.1 Å². The van der Waals surface area contributed by atoms with Gasteiger partial charge in [0, 0.05) is 16.1 Å². The minimum atomic E-state index is -0.735. The van der Waals surface area contributed by atoms with Gasteiger partial charge in [-0.25, -0.2) is 0 Å². The van der Waals surface area contributed by atoms with Gasteiger partial charge in [-0.2, -0.15) is 0 Å². The number of nitrogens with zero attached hydrogens (tertiary/aromatic N) is 1. The molecule has 2 aromatic rings. The highest BCUT2D eigenvalue weighted by molar-refractivity contribution is 6.34. The highest BCUT2D eigenvalue weighted by Gasteiger charge is 2.16. The maximum Gasteiger partial charge on any atom is 0.266 e. The molecule has 7 heteroatoms. The number of carbonyl (C=O) groups is 1. The maximum atomic E-state index is 11.9. The molecule has 1 N–H and O–H groups in total. The Labute approximate surface area is 125 Å². The average molecular weight is 315 g/mol. The number of hydrogen-bond donors (Lipinski definition) is 1. The first kappa shape index (κ1) is 14.7. The zero-order chi connectivity index (χ0) is 14.7. The summed E-state index contributed by atoms with van der Waals surface area (Å²) in [6.07, 6.45) is -0.735. The van der Waals surface area contributed by atoms with E-state index in [1.54, 1.807) is 38.1 Å². The molecule has 2 rings (SSSR count). The Morgan fingerprint density at radius 1 is 1.30 bits per heavy atom. The van der Waals surface area contributed by atoms with Crippen molar-refractivity contribution in [1.82, 2.24) is 5.16 Å². The van der Waals surface area contributed by atoms with Crippen molar-refractivity contribution in [3.63, 3.8) is 0 Å². The van der Waals surface area contributed by atoms with Gasteiger partial charge in [-0.15, -0.1) is 0 Å². The number of carbonyl (C=O) groups excluding carboxylic acids is 1.